The third-order valence-corrected chi connectivity index (χ3v) is 5.32. The average molecular weight is 257 g/mol. The Bertz CT molecular complexity index is 246. The molecular formula is C13H23NO2S. The van der Waals surface area contributed by atoms with Crippen LogP contribution in [0.4, 0.5) is 0 Å². The molecule has 0 bridgehead atoms. The van der Waals surface area contributed by atoms with Gasteiger partial charge in [0.2, 0.25) is 0 Å². The largest absolute Gasteiger partial charge is 0.481 e. The highest BCUT2D eigenvalue weighted by molar-refractivity contribution is 7.99. The lowest BCUT2D eigenvalue weighted by molar-refractivity contribution is -0.143. The predicted octanol–water partition coefficient (Wildman–Crippen LogP) is 2.22. The summed E-state index contributed by atoms with van der Waals surface area (Å²) in [7, 11) is 0. The van der Waals surface area contributed by atoms with Crippen LogP contribution in [-0.4, -0.2) is 35.7 Å². The average Bonchev–Trinajstić information content (AvgIpc) is 2.83. The fourth-order valence-electron chi connectivity index (χ4n) is 2.85. The minimum Gasteiger partial charge on any atom is -0.481 e. The molecule has 0 spiro atoms. The normalized spacial score (nSPS) is 33.8. The highest BCUT2D eigenvalue weighted by atomic mass is 32.2. The van der Waals surface area contributed by atoms with Crippen LogP contribution in [0.5, 0.6) is 0 Å². The van der Waals surface area contributed by atoms with E-state index in [-0.39, 0.29) is 5.92 Å². The van der Waals surface area contributed by atoms with Gasteiger partial charge in [0.05, 0.1) is 5.92 Å². The van der Waals surface area contributed by atoms with E-state index >= 15 is 0 Å². The van der Waals surface area contributed by atoms with Crippen LogP contribution in [0.2, 0.25) is 0 Å². The van der Waals surface area contributed by atoms with E-state index in [0.717, 1.165) is 44.7 Å². The molecule has 0 aromatic rings. The standard InChI is InChI=1S/C13H23NO2S/c15-13(16)12-3-1-10(2-4-12)7-14-8-11-5-6-17-9-11/h10-12,14H,1-9H2,(H,15,16). The number of aliphatic carboxylic acids is 1. The summed E-state index contributed by atoms with van der Waals surface area (Å²) >= 11 is 2.07. The van der Waals surface area contributed by atoms with Crippen molar-refractivity contribution >= 4 is 17.7 Å². The Hall–Kier alpha value is -0.220. The summed E-state index contributed by atoms with van der Waals surface area (Å²) in [6.07, 6.45) is 5.29. The lowest BCUT2D eigenvalue weighted by Gasteiger charge is -2.26. The minimum atomic E-state index is -0.598. The van der Waals surface area contributed by atoms with Crippen molar-refractivity contribution in [2.24, 2.45) is 17.8 Å². The Morgan fingerprint density at radius 1 is 1.12 bits per heavy atom. The number of carbonyl (C=O) groups is 1. The molecule has 2 N–H and O–H groups in total. The van der Waals surface area contributed by atoms with Crippen LogP contribution < -0.4 is 5.32 Å². The number of rotatable bonds is 5. The predicted molar refractivity (Wildman–Crippen MR) is 71.4 cm³/mol. The summed E-state index contributed by atoms with van der Waals surface area (Å²) in [6.45, 7) is 2.25. The molecular weight excluding hydrogens is 234 g/mol. The summed E-state index contributed by atoms with van der Waals surface area (Å²) in [5, 5.41) is 12.5. The van der Waals surface area contributed by atoms with Gasteiger partial charge in [-0.05, 0) is 68.5 Å². The molecule has 1 aliphatic carbocycles. The molecule has 1 atom stereocenters. The van der Waals surface area contributed by atoms with Crippen molar-refractivity contribution in [2.45, 2.75) is 32.1 Å². The van der Waals surface area contributed by atoms with Gasteiger partial charge in [-0.2, -0.15) is 11.8 Å². The van der Waals surface area contributed by atoms with Gasteiger partial charge in [0.15, 0.2) is 0 Å². The van der Waals surface area contributed by atoms with E-state index in [2.05, 4.69) is 17.1 Å². The van der Waals surface area contributed by atoms with Gasteiger partial charge in [-0.1, -0.05) is 0 Å². The Balaban J connectivity index is 1.56. The monoisotopic (exact) mass is 257 g/mol. The highest BCUT2D eigenvalue weighted by Crippen LogP contribution is 2.28. The third-order valence-electron chi connectivity index (χ3n) is 4.09. The second-order valence-electron chi connectivity index (χ2n) is 5.44. The molecule has 98 valence electrons. The smallest absolute Gasteiger partial charge is 0.306 e. The summed E-state index contributed by atoms with van der Waals surface area (Å²) < 4.78 is 0. The number of carboxylic acids is 1. The van der Waals surface area contributed by atoms with Crippen LogP contribution in [-0.2, 0) is 4.79 Å². The number of hydrogen-bond donors (Lipinski definition) is 2. The molecule has 2 rings (SSSR count). The molecule has 1 saturated carbocycles. The zero-order chi connectivity index (χ0) is 12.1. The molecule has 4 heteroatoms. The molecule has 1 saturated heterocycles. The van der Waals surface area contributed by atoms with Crippen LogP contribution >= 0.6 is 11.8 Å². The zero-order valence-electron chi connectivity index (χ0n) is 10.4. The Labute approximate surface area is 108 Å². The fourth-order valence-corrected chi connectivity index (χ4v) is 4.13. The first kappa shape index (κ1) is 13.2. The van der Waals surface area contributed by atoms with Crippen LogP contribution in [0.25, 0.3) is 0 Å². The van der Waals surface area contributed by atoms with Gasteiger partial charge in [0.1, 0.15) is 0 Å². The Morgan fingerprint density at radius 3 is 2.41 bits per heavy atom. The maximum absolute atomic E-state index is 10.8. The lowest BCUT2D eigenvalue weighted by Crippen LogP contribution is -2.31. The van der Waals surface area contributed by atoms with E-state index in [1.165, 1.54) is 17.9 Å². The van der Waals surface area contributed by atoms with E-state index < -0.39 is 5.97 Å². The first-order valence-electron chi connectivity index (χ1n) is 6.77. The van der Waals surface area contributed by atoms with Crippen molar-refractivity contribution in [3.05, 3.63) is 0 Å². The van der Waals surface area contributed by atoms with Crippen molar-refractivity contribution in [3.8, 4) is 0 Å². The van der Waals surface area contributed by atoms with E-state index in [1.807, 2.05) is 0 Å². The van der Waals surface area contributed by atoms with Gasteiger partial charge < -0.3 is 10.4 Å². The lowest BCUT2D eigenvalue weighted by atomic mass is 9.82. The molecule has 0 radical (unpaired) electrons. The zero-order valence-corrected chi connectivity index (χ0v) is 11.2. The molecule has 2 fully saturated rings. The van der Waals surface area contributed by atoms with Crippen LogP contribution in [0.3, 0.4) is 0 Å². The molecule has 3 nitrogen and oxygen atoms in total. The SMILES string of the molecule is O=C(O)C1CCC(CNCC2CCSC2)CC1. The maximum Gasteiger partial charge on any atom is 0.306 e. The van der Waals surface area contributed by atoms with E-state index in [4.69, 9.17) is 5.11 Å². The van der Waals surface area contributed by atoms with Gasteiger partial charge in [0, 0.05) is 0 Å². The molecule has 0 aromatic heterocycles. The van der Waals surface area contributed by atoms with Gasteiger partial charge in [-0.3, -0.25) is 4.79 Å². The van der Waals surface area contributed by atoms with Gasteiger partial charge in [-0.15, -0.1) is 0 Å². The first-order valence-corrected chi connectivity index (χ1v) is 7.92. The molecule has 2 aliphatic rings. The van der Waals surface area contributed by atoms with Crippen molar-refractivity contribution in [1.29, 1.82) is 0 Å². The first-order chi connectivity index (χ1) is 8.25. The minimum absolute atomic E-state index is 0.0718. The van der Waals surface area contributed by atoms with E-state index in [0.29, 0.717) is 5.92 Å². The van der Waals surface area contributed by atoms with Gasteiger partial charge in [0.25, 0.3) is 0 Å². The number of thioether (sulfide) groups is 1. The summed E-state index contributed by atoms with van der Waals surface area (Å²) in [4.78, 5) is 10.8. The molecule has 1 aliphatic heterocycles. The fraction of sp³-hybridized carbons (Fsp3) is 0.923. The molecule has 0 amide bonds. The van der Waals surface area contributed by atoms with Crippen molar-refractivity contribution in [2.75, 3.05) is 24.6 Å². The van der Waals surface area contributed by atoms with Crippen molar-refractivity contribution in [3.63, 3.8) is 0 Å². The molecule has 0 aromatic carbocycles. The number of carboxylic acid groups (broad SMARTS) is 1. The van der Waals surface area contributed by atoms with Crippen LogP contribution in [0.1, 0.15) is 32.1 Å². The highest BCUT2D eigenvalue weighted by Gasteiger charge is 2.25. The molecule has 17 heavy (non-hydrogen) atoms. The van der Waals surface area contributed by atoms with E-state index in [9.17, 15) is 4.79 Å². The third kappa shape index (κ3) is 4.18. The van der Waals surface area contributed by atoms with E-state index in [1.54, 1.807) is 0 Å². The van der Waals surface area contributed by atoms with Gasteiger partial charge >= 0.3 is 5.97 Å². The maximum atomic E-state index is 10.8. The summed E-state index contributed by atoms with van der Waals surface area (Å²) in [5.74, 6) is 3.56. The number of nitrogens with one attached hydrogen (secondary N) is 1. The molecule has 1 unspecified atom stereocenters. The Morgan fingerprint density at radius 2 is 1.82 bits per heavy atom. The summed E-state index contributed by atoms with van der Waals surface area (Å²) in [5.41, 5.74) is 0. The summed E-state index contributed by atoms with van der Waals surface area (Å²) in [6, 6.07) is 0. The van der Waals surface area contributed by atoms with Crippen molar-refractivity contribution < 1.29 is 9.90 Å². The second-order valence-corrected chi connectivity index (χ2v) is 6.59. The topological polar surface area (TPSA) is 49.3 Å². The second kappa shape index (κ2) is 6.64. The Kier molecular flexibility index (Phi) is 5.16. The van der Waals surface area contributed by atoms with Gasteiger partial charge in [-0.25, -0.2) is 0 Å². The molecule has 1 heterocycles. The number of hydrogen-bond acceptors (Lipinski definition) is 3. The van der Waals surface area contributed by atoms with Crippen molar-refractivity contribution in [1.82, 2.24) is 5.32 Å². The van der Waals surface area contributed by atoms with Crippen LogP contribution in [0, 0.1) is 17.8 Å². The van der Waals surface area contributed by atoms with Crippen LogP contribution in [0.15, 0.2) is 0 Å². The quantitative estimate of drug-likeness (QED) is 0.793.